The van der Waals surface area contributed by atoms with Crippen molar-refractivity contribution < 1.29 is 9.21 Å². The second-order valence-electron chi connectivity index (χ2n) is 5.29. The lowest BCUT2D eigenvalue weighted by Gasteiger charge is -2.00. The molecule has 3 rings (SSSR count). The number of carbonyl (C=O) groups excluding carboxylic acids is 1. The maximum Gasteiger partial charge on any atom is 0.244 e. The molecular formula is C19H14Cl2N2O2. The van der Waals surface area contributed by atoms with Crippen molar-refractivity contribution in [2.75, 3.05) is 0 Å². The number of furan rings is 1. The Morgan fingerprint density at radius 2 is 1.84 bits per heavy atom. The standard InChI is InChI=1S/C19H14Cl2N2O2/c20-16-8-6-14(11-17(16)21)18-9-7-15(25-18)12-22-23-19(24)10-13-4-2-1-3-5-13/h1-9,11-12H,10H2,(H,23,24)/b22-12-. The van der Waals surface area contributed by atoms with Gasteiger partial charge in [0.15, 0.2) is 0 Å². The van der Waals surface area contributed by atoms with E-state index in [2.05, 4.69) is 10.5 Å². The van der Waals surface area contributed by atoms with E-state index >= 15 is 0 Å². The zero-order valence-corrected chi connectivity index (χ0v) is 14.6. The smallest absolute Gasteiger partial charge is 0.244 e. The van der Waals surface area contributed by atoms with Gasteiger partial charge in [-0.15, -0.1) is 0 Å². The first-order valence-electron chi connectivity index (χ1n) is 7.53. The third-order valence-electron chi connectivity index (χ3n) is 3.42. The third kappa shape index (κ3) is 4.72. The zero-order chi connectivity index (χ0) is 17.6. The van der Waals surface area contributed by atoms with Crippen LogP contribution in [-0.4, -0.2) is 12.1 Å². The van der Waals surface area contributed by atoms with Crippen LogP contribution in [0.5, 0.6) is 0 Å². The van der Waals surface area contributed by atoms with Crippen LogP contribution in [0.3, 0.4) is 0 Å². The van der Waals surface area contributed by atoms with Crippen LogP contribution in [0.25, 0.3) is 11.3 Å². The van der Waals surface area contributed by atoms with Gasteiger partial charge in [0.25, 0.3) is 0 Å². The Balaban J connectivity index is 1.60. The highest BCUT2D eigenvalue weighted by Gasteiger charge is 2.06. The van der Waals surface area contributed by atoms with Gasteiger partial charge in [0.05, 0.1) is 22.7 Å². The van der Waals surface area contributed by atoms with E-state index in [0.717, 1.165) is 11.1 Å². The molecule has 0 radical (unpaired) electrons. The van der Waals surface area contributed by atoms with E-state index in [1.807, 2.05) is 36.4 Å². The molecule has 0 atom stereocenters. The number of nitrogens with one attached hydrogen (secondary N) is 1. The van der Waals surface area contributed by atoms with E-state index in [0.29, 0.717) is 21.6 Å². The van der Waals surface area contributed by atoms with E-state index in [9.17, 15) is 4.79 Å². The van der Waals surface area contributed by atoms with Gasteiger partial charge in [-0.1, -0.05) is 53.5 Å². The number of benzene rings is 2. The monoisotopic (exact) mass is 372 g/mol. The summed E-state index contributed by atoms with van der Waals surface area (Å²) in [6, 6.07) is 18.3. The van der Waals surface area contributed by atoms with Crippen molar-refractivity contribution in [3.63, 3.8) is 0 Å². The SMILES string of the molecule is O=C(Cc1ccccc1)N/N=C\c1ccc(-c2ccc(Cl)c(Cl)c2)o1. The zero-order valence-electron chi connectivity index (χ0n) is 13.1. The van der Waals surface area contributed by atoms with Crippen LogP contribution >= 0.6 is 23.2 Å². The number of rotatable bonds is 5. The van der Waals surface area contributed by atoms with Crippen molar-refractivity contribution in [3.05, 3.63) is 82.0 Å². The van der Waals surface area contributed by atoms with Gasteiger partial charge in [0, 0.05) is 5.56 Å². The summed E-state index contributed by atoms with van der Waals surface area (Å²) in [6.07, 6.45) is 1.72. The largest absolute Gasteiger partial charge is 0.455 e. The second-order valence-corrected chi connectivity index (χ2v) is 6.10. The summed E-state index contributed by atoms with van der Waals surface area (Å²) in [7, 11) is 0. The molecule has 0 unspecified atom stereocenters. The Morgan fingerprint density at radius 1 is 1.04 bits per heavy atom. The van der Waals surface area contributed by atoms with E-state index in [-0.39, 0.29) is 12.3 Å². The van der Waals surface area contributed by atoms with Crippen molar-refractivity contribution >= 4 is 35.3 Å². The number of halogens is 2. The Bertz CT molecular complexity index is 905. The molecule has 2 aromatic carbocycles. The predicted octanol–water partition coefficient (Wildman–Crippen LogP) is 4.95. The second kappa shape index (κ2) is 8.01. The Labute approximate surface area is 155 Å². The van der Waals surface area contributed by atoms with Gasteiger partial charge < -0.3 is 4.42 Å². The minimum absolute atomic E-state index is 0.196. The summed E-state index contributed by atoms with van der Waals surface area (Å²) in [5.74, 6) is 0.954. The van der Waals surface area contributed by atoms with Crippen molar-refractivity contribution in [3.8, 4) is 11.3 Å². The van der Waals surface area contributed by atoms with Crippen molar-refractivity contribution in [1.29, 1.82) is 0 Å². The summed E-state index contributed by atoms with van der Waals surface area (Å²) in [4.78, 5) is 11.8. The van der Waals surface area contributed by atoms with Gasteiger partial charge >= 0.3 is 0 Å². The highest BCUT2D eigenvalue weighted by molar-refractivity contribution is 6.42. The first-order chi connectivity index (χ1) is 12.1. The molecule has 0 bridgehead atoms. The molecule has 0 saturated carbocycles. The number of hydrogen-bond donors (Lipinski definition) is 1. The molecular weight excluding hydrogens is 359 g/mol. The number of amides is 1. The van der Waals surface area contributed by atoms with Crippen LogP contribution in [0.4, 0.5) is 0 Å². The molecule has 4 nitrogen and oxygen atoms in total. The number of hydrazone groups is 1. The average Bonchev–Trinajstić information content (AvgIpc) is 3.07. The van der Waals surface area contributed by atoms with Gasteiger partial charge in [-0.2, -0.15) is 5.10 Å². The first kappa shape index (κ1) is 17.3. The van der Waals surface area contributed by atoms with Crippen molar-refractivity contribution in [2.45, 2.75) is 6.42 Å². The van der Waals surface area contributed by atoms with Gasteiger partial charge in [0.1, 0.15) is 11.5 Å². The number of nitrogens with zero attached hydrogens (tertiary/aromatic N) is 1. The highest BCUT2D eigenvalue weighted by Crippen LogP contribution is 2.29. The summed E-state index contributed by atoms with van der Waals surface area (Å²) >= 11 is 11.9. The molecule has 1 amide bonds. The van der Waals surface area contributed by atoms with Crippen LogP contribution in [0.2, 0.25) is 10.0 Å². The number of carbonyl (C=O) groups is 1. The Hall–Kier alpha value is -2.56. The maximum absolute atomic E-state index is 11.8. The molecule has 3 aromatic rings. The molecule has 1 aromatic heterocycles. The molecule has 0 saturated heterocycles. The first-order valence-corrected chi connectivity index (χ1v) is 8.28. The lowest BCUT2D eigenvalue weighted by molar-refractivity contribution is -0.120. The van der Waals surface area contributed by atoms with Crippen LogP contribution in [0, 0.1) is 0 Å². The topological polar surface area (TPSA) is 54.6 Å². The summed E-state index contributed by atoms with van der Waals surface area (Å²) in [5.41, 5.74) is 4.21. The molecule has 0 aliphatic carbocycles. The molecule has 6 heteroatoms. The molecule has 0 aliphatic heterocycles. The summed E-state index contributed by atoms with van der Waals surface area (Å²) in [6.45, 7) is 0. The fourth-order valence-corrected chi connectivity index (χ4v) is 2.51. The van der Waals surface area contributed by atoms with E-state index in [4.69, 9.17) is 27.6 Å². The van der Waals surface area contributed by atoms with E-state index in [1.165, 1.54) is 6.21 Å². The summed E-state index contributed by atoms with van der Waals surface area (Å²) < 4.78 is 5.66. The fraction of sp³-hybridized carbons (Fsp3) is 0.0526. The van der Waals surface area contributed by atoms with Crippen LogP contribution in [0.15, 0.2) is 70.2 Å². The Morgan fingerprint density at radius 3 is 2.60 bits per heavy atom. The number of hydrogen-bond acceptors (Lipinski definition) is 3. The molecule has 1 heterocycles. The normalized spacial score (nSPS) is 11.0. The van der Waals surface area contributed by atoms with Crippen LogP contribution in [-0.2, 0) is 11.2 Å². The van der Waals surface area contributed by atoms with E-state index < -0.39 is 0 Å². The molecule has 0 aliphatic rings. The fourth-order valence-electron chi connectivity index (χ4n) is 2.22. The molecule has 126 valence electrons. The van der Waals surface area contributed by atoms with Gasteiger partial charge in [-0.25, -0.2) is 5.43 Å². The molecule has 0 spiro atoms. The molecule has 1 N–H and O–H groups in total. The minimum Gasteiger partial charge on any atom is -0.455 e. The molecule has 25 heavy (non-hydrogen) atoms. The van der Waals surface area contributed by atoms with Crippen molar-refractivity contribution in [1.82, 2.24) is 5.43 Å². The Kier molecular flexibility index (Phi) is 5.53. The lowest BCUT2D eigenvalue weighted by Crippen LogP contribution is -2.19. The highest BCUT2D eigenvalue weighted by atomic mass is 35.5. The average molecular weight is 373 g/mol. The van der Waals surface area contributed by atoms with Gasteiger partial charge in [0.2, 0.25) is 5.91 Å². The van der Waals surface area contributed by atoms with Crippen molar-refractivity contribution in [2.24, 2.45) is 5.10 Å². The van der Waals surface area contributed by atoms with E-state index in [1.54, 1.807) is 24.3 Å². The lowest BCUT2D eigenvalue weighted by atomic mass is 10.1. The third-order valence-corrected chi connectivity index (χ3v) is 4.16. The predicted molar refractivity (Wildman–Crippen MR) is 100 cm³/mol. The summed E-state index contributed by atoms with van der Waals surface area (Å²) in [5, 5.41) is 4.85. The minimum atomic E-state index is -0.196. The van der Waals surface area contributed by atoms with Crippen LogP contribution in [0.1, 0.15) is 11.3 Å². The maximum atomic E-state index is 11.8. The quantitative estimate of drug-likeness (QED) is 0.508. The van der Waals surface area contributed by atoms with Gasteiger partial charge in [-0.05, 0) is 35.9 Å². The van der Waals surface area contributed by atoms with Crippen LogP contribution < -0.4 is 5.43 Å². The molecule has 0 fully saturated rings. The van der Waals surface area contributed by atoms with Gasteiger partial charge in [-0.3, -0.25) is 4.79 Å².